The number of hydrogen-bond acceptors (Lipinski definition) is 7. The van der Waals surface area contributed by atoms with Crippen LogP contribution in [-0.2, 0) is 4.74 Å². The van der Waals surface area contributed by atoms with Crippen LogP contribution < -0.4 is 5.32 Å². The van der Waals surface area contributed by atoms with Gasteiger partial charge in [0.25, 0.3) is 5.91 Å². The minimum absolute atomic E-state index is 0.00157. The molecule has 34 heavy (non-hydrogen) atoms. The van der Waals surface area contributed by atoms with Crippen LogP contribution in [-0.4, -0.2) is 56.0 Å². The molecule has 2 saturated heterocycles. The van der Waals surface area contributed by atoms with Crippen molar-refractivity contribution in [1.82, 2.24) is 24.8 Å². The fourth-order valence-electron chi connectivity index (χ4n) is 5.25. The smallest absolute Gasteiger partial charge is 0.273 e. The highest BCUT2D eigenvalue weighted by Gasteiger charge is 2.41. The molecular weight excluding hydrogens is 428 g/mol. The summed E-state index contributed by atoms with van der Waals surface area (Å²) in [5, 5.41) is 5.36. The van der Waals surface area contributed by atoms with Gasteiger partial charge in [-0.1, -0.05) is 18.2 Å². The number of pyridine rings is 2. The van der Waals surface area contributed by atoms with Crippen LogP contribution in [0.2, 0.25) is 0 Å². The van der Waals surface area contributed by atoms with Crippen LogP contribution in [0.4, 0.5) is 5.82 Å². The zero-order chi connectivity index (χ0) is 23.2. The highest BCUT2D eigenvalue weighted by molar-refractivity contribution is 6.07. The Kier molecular flexibility index (Phi) is 5.10. The molecule has 8 nitrogen and oxygen atoms in total. The van der Waals surface area contributed by atoms with Crippen LogP contribution in [0.1, 0.15) is 47.6 Å². The minimum atomic E-state index is -0.196. The number of amides is 1. The summed E-state index contributed by atoms with van der Waals surface area (Å²) in [5.41, 5.74) is 3.82. The largest absolute Gasteiger partial charge is 0.377 e. The third kappa shape index (κ3) is 3.45. The molecule has 0 radical (unpaired) electrons. The van der Waals surface area contributed by atoms with Gasteiger partial charge in [0.15, 0.2) is 5.82 Å². The molecule has 2 aliphatic heterocycles. The Morgan fingerprint density at radius 2 is 1.94 bits per heavy atom. The molecule has 3 aromatic heterocycles. The van der Waals surface area contributed by atoms with Crippen molar-refractivity contribution in [2.75, 3.05) is 18.5 Å². The van der Waals surface area contributed by atoms with Crippen molar-refractivity contribution >= 4 is 33.5 Å². The number of aromatic nitrogens is 4. The van der Waals surface area contributed by atoms with Gasteiger partial charge >= 0.3 is 0 Å². The lowest BCUT2D eigenvalue weighted by atomic mass is 10.0. The van der Waals surface area contributed by atoms with E-state index in [1.165, 1.54) is 6.33 Å². The van der Waals surface area contributed by atoms with Gasteiger partial charge in [0.2, 0.25) is 0 Å². The van der Waals surface area contributed by atoms with Crippen molar-refractivity contribution in [2.45, 2.75) is 44.8 Å². The molecule has 1 aromatic carbocycles. The predicted molar refractivity (Wildman–Crippen MR) is 130 cm³/mol. The number of aryl methyl sites for hydroxylation is 1. The summed E-state index contributed by atoms with van der Waals surface area (Å²) < 4.78 is 5.71. The van der Waals surface area contributed by atoms with E-state index in [9.17, 15) is 4.79 Å². The number of anilines is 1. The lowest BCUT2D eigenvalue weighted by Crippen LogP contribution is -2.49. The normalized spacial score (nSPS) is 20.6. The summed E-state index contributed by atoms with van der Waals surface area (Å²) in [7, 11) is 0. The van der Waals surface area contributed by atoms with Crippen molar-refractivity contribution in [3.8, 4) is 0 Å². The van der Waals surface area contributed by atoms with E-state index in [1.54, 1.807) is 6.20 Å². The van der Waals surface area contributed by atoms with E-state index in [0.29, 0.717) is 30.2 Å². The second-order valence-electron chi connectivity index (χ2n) is 9.16. The zero-order valence-electron chi connectivity index (χ0n) is 19.2. The minimum Gasteiger partial charge on any atom is -0.377 e. The molecule has 6 rings (SSSR count). The lowest BCUT2D eigenvalue weighted by molar-refractivity contribution is -0.00736. The maximum Gasteiger partial charge on any atom is 0.273 e. The van der Waals surface area contributed by atoms with Gasteiger partial charge in [-0.05, 0) is 55.8 Å². The fourth-order valence-corrected chi connectivity index (χ4v) is 5.25. The third-order valence-electron chi connectivity index (χ3n) is 6.95. The molecule has 2 unspecified atom stereocenters. The molecule has 3 atom stereocenters. The molecule has 5 heterocycles. The number of benzene rings is 1. The molecular formula is C26H26N6O2. The number of morpholine rings is 1. The van der Waals surface area contributed by atoms with Crippen molar-refractivity contribution in [1.29, 1.82) is 0 Å². The summed E-state index contributed by atoms with van der Waals surface area (Å²) in [6, 6.07) is 12.0. The second-order valence-corrected chi connectivity index (χ2v) is 9.16. The molecule has 2 fully saturated rings. The highest BCUT2D eigenvalue weighted by atomic mass is 16.5. The SMILES string of the molecule is Cc1cccc2cc([C@H](C)Nc3ncnc4cccnc34)nc(C(=O)N3C4CCC3COC4)c12. The number of carbonyl (C=O) groups excluding carboxylic acids is 1. The van der Waals surface area contributed by atoms with Gasteiger partial charge in [-0.25, -0.2) is 15.0 Å². The molecule has 0 aliphatic carbocycles. The molecule has 8 heteroatoms. The van der Waals surface area contributed by atoms with E-state index in [4.69, 9.17) is 9.72 Å². The quantitative estimate of drug-likeness (QED) is 0.497. The molecule has 0 saturated carbocycles. The first kappa shape index (κ1) is 20.9. The van der Waals surface area contributed by atoms with E-state index >= 15 is 0 Å². The van der Waals surface area contributed by atoms with Gasteiger partial charge < -0.3 is 15.0 Å². The number of fused-ring (bicyclic) bond motifs is 4. The van der Waals surface area contributed by atoms with Gasteiger partial charge in [0.1, 0.15) is 17.5 Å². The first-order valence-electron chi connectivity index (χ1n) is 11.7. The fraction of sp³-hybridized carbons (Fsp3) is 0.346. The number of nitrogens with one attached hydrogen (secondary N) is 1. The first-order chi connectivity index (χ1) is 16.6. The van der Waals surface area contributed by atoms with Crippen LogP contribution in [0.25, 0.3) is 21.8 Å². The molecule has 1 amide bonds. The van der Waals surface area contributed by atoms with Crippen LogP contribution in [0.5, 0.6) is 0 Å². The highest BCUT2D eigenvalue weighted by Crippen LogP contribution is 2.33. The molecule has 0 spiro atoms. The molecule has 2 bridgehead atoms. The average Bonchev–Trinajstić information content (AvgIpc) is 3.11. The Hall–Kier alpha value is -3.65. The van der Waals surface area contributed by atoms with E-state index in [1.807, 2.05) is 49.1 Å². The third-order valence-corrected chi connectivity index (χ3v) is 6.95. The number of hydrogen-bond donors (Lipinski definition) is 1. The van der Waals surface area contributed by atoms with Gasteiger partial charge in [-0.2, -0.15) is 0 Å². The summed E-state index contributed by atoms with van der Waals surface area (Å²) in [6.45, 7) is 5.26. The molecule has 1 N–H and O–H groups in total. The Balaban J connectivity index is 1.42. The van der Waals surface area contributed by atoms with Crippen molar-refractivity contribution in [3.05, 3.63) is 65.9 Å². The van der Waals surface area contributed by atoms with Crippen molar-refractivity contribution in [2.24, 2.45) is 0 Å². The van der Waals surface area contributed by atoms with Crippen LogP contribution >= 0.6 is 0 Å². The molecule has 4 aromatic rings. The second kappa shape index (κ2) is 8.29. The van der Waals surface area contributed by atoms with Gasteiger partial charge in [0.05, 0.1) is 42.5 Å². The van der Waals surface area contributed by atoms with Gasteiger partial charge in [-0.15, -0.1) is 0 Å². The summed E-state index contributed by atoms with van der Waals surface area (Å²) in [6.07, 6.45) is 5.23. The average molecular weight is 455 g/mol. The van der Waals surface area contributed by atoms with E-state index < -0.39 is 0 Å². The van der Waals surface area contributed by atoms with Crippen LogP contribution in [0.15, 0.2) is 48.9 Å². The first-order valence-corrected chi connectivity index (χ1v) is 11.7. The maximum absolute atomic E-state index is 13.9. The van der Waals surface area contributed by atoms with Crippen molar-refractivity contribution < 1.29 is 9.53 Å². The Morgan fingerprint density at radius 1 is 1.12 bits per heavy atom. The van der Waals surface area contributed by atoms with Crippen molar-refractivity contribution in [3.63, 3.8) is 0 Å². The summed E-state index contributed by atoms with van der Waals surface area (Å²) >= 11 is 0. The maximum atomic E-state index is 13.9. The van der Waals surface area contributed by atoms with E-state index in [-0.39, 0.29) is 24.0 Å². The summed E-state index contributed by atoms with van der Waals surface area (Å²) in [5.74, 6) is 0.640. The standard InChI is InChI=1S/C26H26N6O2/c1-15-5-3-6-17-11-21(16(2)30-25-23-20(28-14-29-25)7-4-10-27-23)31-24(22(15)17)26(33)32-18-8-9-19(32)13-34-12-18/h3-7,10-11,14,16,18-19H,8-9,12-13H2,1-2H3,(H,28,29,30)/t16-,18?,19?/m0/s1. The topological polar surface area (TPSA) is 93.1 Å². The van der Waals surface area contributed by atoms with E-state index in [2.05, 4.69) is 26.3 Å². The van der Waals surface area contributed by atoms with Gasteiger partial charge in [0, 0.05) is 11.6 Å². The number of nitrogens with zero attached hydrogens (tertiary/aromatic N) is 5. The Bertz CT molecular complexity index is 1390. The Labute approximate surface area is 197 Å². The monoisotopic (exact) mass is 454 g/mol. The van der Waals surface area contributed by atoms with E-state index in [0.717, 1.165) is 40.4 Å². The lowest BCUT2D eigenvalue weighted by Gasteiger charge is -2.34. The number of rotatable bonds is 4. The van der Waals surface area contributed by atoms with Crippen LogP contribution in [0.3, 0.4) is 0 Å². The molecule has 172 valence electrons. The zero-order valence-corrected chi connectivity index (χ0v) is 19.2. The number of carbonyl (C=O) groups is 1. The Morgan fingerprint density at radius 3 is 2.76 bits per heavy atom. The summed E-state index contributed by atoms with van der Waals surface area (Å²) in [4.78, 5) is 34.0. The van der Waals surface area contributed by atoms with Gasteiger partial charge in [-0.3, -0.25) is 9.78 Å². The predicted octanol–water partition coefficient (Wildman–Crippen LogP) is 4.06. The molecule has 2 aliphatic rings. The number of ether oxygens (including phenoxy) is 1. The van der Waals surface area contributed by atoms with Crippen LogP contribution in [0, 0.1) is 6.92 Å².